The molecule has 0 saturated heterocycles. The largest absolute Gasteiger partial charge is 0.483 e. The molecule has 1 N–H and O–H groups in total. The number of carbonyl (C=O) groups excluding carboxylic acids is 3. The maximum Gasteiger partial charge on any atom is 0.341 e. The van der Waals surface area contributed by atoms with Crippen molar-refractivity contribution in [3.8, 4) is 5.75 Å². The summed E-state index contributed by atoms with van der Waals surface area (Å²) in [4.78, 5) is 35.6. The second-order valence-electron chi connectivity index (χ2n) is 5.89. The average Bonchev–Trinajstić information content (AvgIpc) is 2.72. The van der Waals surface area contributed by atoms with Crippen LogP contribution in [-0.4, -0.2) is 38.2 Å². The molecular formula is C21H23NO6. The lowest BCUT2D eigenvalue weighted by Gasteiger charge is -2.10. The number of ether oxygens (including phenoxy) is 3. The number of esters is 2. The van der Waals surface area contributed by atoms with E-state index in [-0.39, 0.29) is 17.9 Å². The van der Waals surface area contributed by atoms with Gasteiger partial charge in [0.15, 0.2) is 6.61 Å². The van der Waals surface area contributed by atoms with Crippen molar-refractivity contribution < 1.29 is 28.6 Å². The second kappa shape index (κ2) is 10.7. The normalized spacial score (nSPS) is 10.1. The number of hydrogen-bond acceptors (Lipinski definition) is 6. The SMILES string of the molecule is CCCCOC(=O)c1ccc(NC(=O)COc2ccccc2C(=O)OC)cc1. The summed E-state index contributed by atoms with van der Waals surface area (Å²) in [5.41, 5.74) is 1.17. The Balaban J connectivity index is 1.88. The standard InChI is InChI=1S/C21H23NO6/c1-3-4-13-27-20(24)15-9-11-16(12-10-15)22-19(23)14-28-18-8-6-5-7-17(18)21(25)26-2/h5-12H,3-4,13-14H2,1-2H3,(H,22,23). The second-order valence-corrected chi connectivity index (χ2v) is 5.89. The first-order chi connectivity index (χ1) is 13.5. The van der Waals surface area contributed by atoms with Gasteiger partial charge in [-0.2, -0.15) is 0 Å². The van der Waals surface area contributed by atoms with Crippen LogP contribution in [0.5, 0.6) is 5.75 Å². The molecule has 28 heavy (non-hydrogen) atoms. The van der Waals surface area contributed by atoms with E-state index in [0.29, 0.717) is 17.9 Å². The van der Waals surface area contributed by atoms with E-state index in [2.05, 4.69) is 10.1 Å². The van der Waals surface area contributed by atoms with Crippen LogP contribution in [0.1, 0.15) is 40.5 Å². The van der Waals surface area contributed by atoms with Crippen LogP contribution in [0.15, 0.2) is 48.5 Å². The summed E-state index contributed by atoms with van der Waals surface area (Å²) in [5.74, 6) is -1.08. The van der Waals surface area contributed by atoms with E-state index >= 15 is 0 Å². The van der Waals surface area contributed by atoms with Gasteiger partial charge in [-0.3, -0.25) is 4.79 Å². The lowest BCUT2D eigenvalue weighted by molar-refractivity contribution is -0.118. The fraction of sp³-hybridized carbons (Fsp3) is 0.286. The van der Waals surface area contributed by atoms with E-state index < -0.39 is 17.8 Å². The molecule has 0 atom stereocenters. The summed E-state index contributed by atoms with van der Waals surface area (Å²) >= 11 is 0. The van der Waals surface area contributed by atoms with Crippen LogP contribution in [0.3, 0.4) is 0 Å². The highest BCUT2D eigenvalue weighted by atomic mass is 16.5. The zero-order valence-corrected chi connectivity index (χ0v) is 15.9. The zero-order valence-electron chi connectivity index (χ0n) is 15.9. The van der Waals surface area contributed by atoms with Crippen LogP contribution in [0.2, 0.25) is 0 Å². The Morgan fingerprint density at radius 3 is 2.36 bits per heavy atom. The molecule has 7 heteroatoms. The number of rotatable bonds is 9. The number of methoxy groups -OCH3 is 1. The van der Waals surface area contributed by atoms with Gasteiger partial charge in [0.1, 0.15) is 11.3 Å². The summed E-state index contributed by atoms with van der Waals surface area (Å²) in [6.07, 6.45) is 1.77. The van der Waals surface area contributed by atoms with E-state index in [4.69, 9.17) is 9.47 Å². The highest BCUT2D eigenvalue weighted by Crippen LogP contribution is 2.19. The quantitative estimate of drug-likeness (QED) is 0.525. The molecule has 0 heterocycles. The molecule has 0 unspecified atom stereocenters. The van der Waals surface area contributed by atoms with Crippen molar-refractivity contribution >= 4 is 23.5 Å². The molecule has 2 aromatic rings. The maximum atomic E-state index is 12.1. The summed E-state index contributed by atoms with van der Waals surface area (Å²) in [5, 5.41) is 2.66. The van der Waals surface area contributed by atoms with Crippen LogP contribution >= 0.6 is 0 Å². The number of para-hydroxylation sites is 1. The van der Waals surface area contributed by atoms with Gasteiger partial charge in [0.25, 0.3) is 5.91 Å². The molecule has 1 amide bonds. The Morgan fingerprint density at radius 2 is 1.68 bits per heavy atom. The van der Waals surface area contributed by atoms with Gasteiger partial charge in [0.05, 0.1) is 19.3 Å². The van der Waals surface area contributed by atoms with E-state index in [0.717, 1.165) is 12.8 Å². The predicted molar refractivity (Wildman–Crippen MR) is 104 cm³/mol. The fourth-order valence-electron chi connectivity index (χ4n) is 2.29. The first-order valence-electron chi connectivity index (χ1n) is 8.92. The van der Waals surface area contributed by atoms with Crippen LogP contribution < -0.4 is 10.1 Å². The molecule has 2 rings (SSSR count). The summed E-state index contributed by atoms with van der Waals surface area (Å²) in [6, 6.07) is 12.9. The van der Waals surface area contributed by atoms with Gasteiger partial charge < -0.3 is 19.5 Å². The van der Waals surface area contributed by atoms with Crippen LogP contribution in [-0.2, 0) is 14.3 Å². The first kappa shape index (κ1) is 21.0. The van der Waals surface area contributed by atoms with Crippen LogP contribution in [0, 0.1) is 0 Å². The van der Waals surface area contributed by atoms with Gasteiger partial charge in [-0.15, -0.1) is 0 Å². The minimum atomic E-state index is -0.544. The highest BCUT2D eigenvalue weighted by molar-refractivity contribution is 5.95. The summed E-state index contributed by atoms with van der Waals surface area (Å²) < 4.78 is 15.2. The Morgan fingerprint density at radius 1 is 0.964 bits per heavy atom. The molecule has 0 aliphatic heterocycles. The van der Waals surface area contributed by atoms with Crippen molar-refractivity contribution in [2.24, 2.45) is 0 Å². The molecule has 0 aliphatic rings. The molecular weight excluding hydrogens is 362 g/mol. The van der Waals surface area contributed by atoms with Crippen LogP contribution in [0.4, 0.5) is 5.69 Å². The van der Waals surface area contributed by atoms with Gasteiger partial charge in [-0.25, -0.2) is 9.59 Å². The molecule has 0 bridgehead atoms. The van der Waals surface area contributed by atoms with E-state index in [1.165, 1.54) is 7.11 Å². The topological polar surface area (TPSA) is 90.9 Å². The maximum absolute atomic E-state index is 12.1. The van der Waals surface area contributed by atoms with Crippen molar-refractivity contribution in [2.75, 3.05) is 25.6 Å². The fourth-order valence-corrected chi connectivity index (χ4v) is 2.29. The number of benzene rings is 2. The molecule has 148 valence electrons. The van der Waals surface area contributed by atoms with E-state index in [1.807, 2.05) is 6.92 Å². The minimum Gasteiger partial charge on any atom is -0.483 e. The average molecular weight is 385 g/mol. The molecule has 0 saturated carbocycles. The monoisotopic (exact) mass is 385 g/mol. The predicted octanol–water partition coefficient (Wildman–Crippen LogP) is 3.45. The third-order valence-corrected chi connectivity index (χ3v) is 3.79. The van der Waals surface area contributed by atoms with Gasteiger partial charge in [0.2, 0.25) is 0 Å². The van der Waals surface area contributed by atoms with Crippen molar-refractivity contribution in [3.05, 3.63) is 59.7 Å². The highest BCUT2D eigenvalue weighted by Gasteiger charge is 2.14. The Hall–Kier alpha value is -3.35. The van der Waals surface area contributed by atoms with Gasteiger partial charge in [-0.05, 0) is 42.8 Å². The number of carbonyl (C=O) groups is 3. The molecule has 0 aliphatic carbocycles. The number of amides is 1. The lowest BCUT2D eigenvalue weighted by atomic mass is 10.2. The molecule has 0 aromatic heterocycles. The molecule has 2 aromatic carbocycles. The number of anilines is 1. The minimum absolute atomic E-state index is 0.240. The number of nitrogens with one attached hydrogen (secondary N) is 1. The molecule has 0 spiro atoms. The van der Waals surface area contributed by atoms with E-state index in [9.17, 15) is 14.4 Å². The van der Waals surface area contributed by atoms with E-state index in [1.54, 1.807) is 48.5 Å². The summed E-state index contributed by atoms with van der Waals surface area (Å²) in [6.45, 7) is 2.12. The van der Waals surface area contributed by atoms with Crippen LogP contribution in [0.25, 0.3) is 0 Å². The van der Waals surface area contributed by atoms with Gasteiger partial charge in [0, 0.05) is 5.69 Å². The van der Waals surface area contributed by atoms with Crippen molar-refractivity contribution in [1.29, 1.82) is 0 Å². The molecule has 0 radical (unpaired) electrons. The zero-order chi connectivity index (χ0) is 20.4. The van der Waals surface area contributed by atoms with Crippen molar-refractivity contribution in [3.63, 3.8) is 0 Å². The van der Waals surface area contributed by atoms with Gasteiger partial charge >= 0.3 is 11.9 Å². The Labute approximate surface area is 163 Å². The lowest BCUT2D eigenvalue weighted by Crippen LogP contribution is -2.21. The Kier molecular flexibility index (Phi) is 8.02. The Bertz CT molecular complexity index is 816. The number of hydrogen-bond donors (Lipinski definition) is 1. The molecule has 7 nitrogen and oxygen atoms in total. The van der Waals surface area contributed by atoms with Gasteiger partial charge in [-0.1, -0.05) is 25.5 Å². The number of unbranched alkanes of at least 4 members (excludes halogenated alkanes) is 1. The van der Waals surface area contributed by atoms with Crippen molar-refractivity contribution in [1.82, 2.24) is 0 Å². The molecule has 0 fully saturated rings. The first-order valence-corrected chi connectivity index (χ1v) is 8.92. The smallest absolute Gasteiger partial charge is 0.341 e. The summed E-state index contributed by atoms with van der Waals surface area (Å²) in [7, 11) is 1.27. The third kappa shape index (κ3) is 6.12. The van der Waals surface area contributed by atoms with Crippen molar-refractivity contribution in [2.45, 2.75) is 19.8 Å². The third-order valence-electron chi connectivity index (χ3n) is 3.79.